The second-order valence-electron chi connectivity index (χ2n) is 5.54. The maximum atomic E-state index is 12.4. The minimum atomic E-state index is -2.94. The van der Waals surface area contributed by atoms with Crippen molar-refractivity contribution in [2.45, 2.75) is 6.61 Å². The lowest BCUT2D eigenvalue weighted by Gasteiger charge is -2.10. The number of para-hydroxylation sites is 1. The Morgan fingerprint density at radius 3 is 2.64 bits per heavy atom. The van der Waals surface area contributed by atoms with Crippen molar-refractivity contribution in [1.29, 1.82) is 0 Å². The number of rotatable bonds is 6. The number of aromatic nitrogens is 2. The summed E-state index contributed by atoms with van der Waals surface area (Å²) in [5.41, 5.74) is 6.54. The molecule has 142 valence electrons. The number of hydrogen-bond acceptors (Lipinski definition) is 5. The van der Waals surface area contributed by atoms with Gasteiger partial charge in [-0.3, -0.25) is 4.79 Å². The maximum Gasteiger partial charge on any atom is 0.387 e. The molecular weight excluding hydrogens is 366 g/mol. The molecule has 1 heterocycles. The van der Waals surface area contributed by atoms with Gasteiger partial charge in [0.15, 0.2) is 5.69 Å². The van der Waals surface area contributed by atoms with Gasteiger partial charge >= 0.3 is 6.61 Å². The van der Waals surface area contributed by atoms with Gasteiger partial charge in [-0.1, -0.05) is 24.3 Å². The molecule has 0 unspecified atom stereocenters. The monoisotopic (exact) mass is 382 g/mol. The number of ether oxygens (including phenoxy) is 1. The Labute approximate surface area is 159 Å². The molecule has 2 aromatic carbocycles. The average Bonchev–Trinajstić information content (AvgIpc) is 2.68. The lowest BCUT2D eigenvalue weighted by atomic mass is 10.2. The average molecular weight is 382 g/mol. The van der Waals surface area contributed by atoms with E-state index in [4.69, 9.17) is 5.73 Å². The molecule has 0 saturated heterocycles. The van der Waals surface area contributed by atoms with E-state index < -0.39 is 6.61 Å². The number of alkyl halides is 2. The third-order valence-corrected chi connectivity index (χ3v) is 3.62. The van der Waals surface area contributed by atoms with E-state index in [0.717, 1.165) is 0 Å². The lowest BCUT2D eigenvalue weighted by Crippen LogP contribution is -2.20. The number of allylic oxidation sites excluding steroid dienone is 1. The highest BCUT2D eigenvalue weighted by atomic mass is 19.3. The molecule has 28 heavy (non-hydrogen) atoms. The van der Waals surface area contributed by atoms with Crippen LogP contribution in [-0.4, -0.2) is 22.1 Å². The van der Waals surface area contributed by atoms with Crippen molar-refractivity contribution < 1.29 is 13.5 Å². The molecule has 0 amide bonds. The summed E-state index contributed by atoms with van der Waals surface area (Å²) < 4.78 is 30.7. The first kappa shape index (κ1) is 19.0. The van der Waals surface area contributed by atoms with E-state index >= 15 is 0 Å². The Balaban J connectivity index is 2.06. The Hall–Kier alpha value is -3.81. The summed E-state index contributed by atoms with van der Waals surface area (Å²) in [5, 5.41) is 4.30. The summed E-state index contributed by atoms with van der Waals surface area (Å²) in [6.07, 6.45) is 4.16. The van der Waals surface area contributed by atoms with E-state index in [1.54, 1.807) is 24.3 Å². The van der Waals surface area contributed by atoms with Gasteiger partial charge in [0.1, 0.15) is 5.75 Å². The molecule has 2 N–H and O–H groups in total. The molecule has 0 aliphatic rings. The molecule has 0 bridgehead atoms. The molecule has 0 fully saturated rings. The SMILES string of the molecule is NC=CC(=Nc1ccccc1)c1nn(-c2cccc(OC(F)F)c2)ccc1=O. The number of nitrogens with zero attached hydrogens (tertiary/aromatic N) is 3. The van der Waals surface area contributed by atoms with Crippen LogP contribution in [0.2, 0.25) is 0 Å². The van der Waals surface area contributed by atoms with E-state index in [-0.39, 0.29) is 22.6 Å². The van der Waals surface area contributed by atoms with Crippen LogP contribution in [0.3, 0.4) is 0 Å². The Morgan fingerprint density at radius 2 is 1.93 bits per heavy atom. The number of nitrogens with two attached hydrogens (primary N) is 1. The van der Waals surface area contributed by atoms with E-state index in [0.29, 0.717) is 11.4 Å². The molecule has 3 rings (SSSR count). The molecule has 6 nitrogen and oxygen atoms in total. The third-order valence-electron chi connectivity index (χ3n) is 3.62. The van der Waals surface area contributed by atoms with Crippen molar-refractivity contribution >= 4 is 11.4 Å². The zero-order chi connectivity index (χ0) is 19.9. The van der Waals surface area contributed by atoms with Crippen LogP contribution in [-0.2, 0) is 0 Å². The van der Waals surface area contributed by atoms with Crippen LogP contribution in [0.15, 0.2) is 88.9 Å². The molecule has 0 radical (unpaired) electrons. The fraction of sp³-hybridized carbons (Fsp3) is 0.0500. The molecule has 3 aromatic rings. The topological polar surface area (TPSA) is 82.5 Å². The van der Waals surface area contributed by atoms with Gasteiger partial charge < -0.3 is 10.5 Å². The van der Waals surface area contributed by atoms with E-state index in [1.165, 1.54) is 41.4 Å². The van der Waals surface area contributed by atoms with Gasteiger partial charge in [-0.05, 0) is 36.5 Å². The first-order valence-electron chi connectivity index (χ1n) is 8.24. The summed E-state index contributed by atoms with van der Waals surface area (Å²) in [6, 6.07) is 16.3. The zero-order valence-corrected chi connectivity index (χ0v) is 14.6. The molecule has 0 aliphatic carbocycles. The van der Waals surface area contributed by atoms with Crippen LogP contribution in [0.4, 0.5) is 14.5 Å². The van der Waals surface area contributed by atoms with E-state index in [1.807, 2.05) is 18.2 Å². The van der Waals surface area contributed by atoms with Crippen LogP contribution in [0.5, 0.6) is 5.75 Å². The van der Waals surface area contributed by atoms with Crippen molar-refractivity contribution in [2.24, 2.45) is 10.7 Å². The number of benzene rings is 2. The van der Waals surface area contributed by atoms with Gasteiger partial charge in [0.05, 0.1) is 17.1 Å². The Bertz CT molecular complexity index is 1060. The highest BCUT2D eigenvalue weighted by Gasteiger charge is 2.11. The fourth-order valence-electron chi connectivity index (χ4n) is 2.43. The maximum absolute atomic E-state index is 12.4. The van der Waals surface area contributed by atoms with E-state index in [9.17, 15) is 13.6 Å². The predicted molar refractivity (Wildman–Crippen MR) is 102 cm³/mol. The van der Waals surface area contributed by atoms with Crippen molar-refractivity contribution in [3.63, 3.8) is 0 Å². The first-order chi connectivity index (χ1) is 13.6. The van der Waals surface area contributed by atoms with Gasteiger partial charge in [0, 0.05) is 18.3 Å². The summed E-state index contributed by atoms with van der Waals surface area (Å²) in [4.78, 5) is 16.8. The van der Waals surface area contributed by atoms with Crippen molar-refractivity contribution in [3.8, 4) is 11.4 Å². The molecule has 0 saturated carbocycles. The molecule has 8 heteroatoms. The molecule has 0 aliphatic heterocycles. The Morgan fingerprint density at radius 1 is 1.14 bits per heavy atom. The number of halogens is 2. The fourth-order valence-corrected chi connectivity index (χ4v) is 2.43. The normalized spacial score (nSPS) is 11.9. The smallest absolute Gasteiger partial charge is 0.387 e. The summed E-state index contributed by atoms with van der Waals surface area (Å²) in [5.74, 6) is -0.0189. The first-order valence-corrected chi connectivity index (χ1v) is 8.24. The van der Waals surface area contributed by atoms with E-state index in [2.05, 4.69) is 14.8 Å². The third kappa shape index (κ3) is 4.67. The van der Waals surface area contributed by atoms with Gasteiger partial charge in [0.25, 0.3) is 0 Å². The second kappa shape index (κ2) is 8.72. The summed E-state index contributed by atoms with van der Waals surface area (Å²) >= 11 is 0. The largest absolute Gasteiger partial charge is 0.435 e. The number of aliphatic imine (C=N–C) groups is 1. The second-order valence-corrected chi connectivity index (χ2v) is 5.54. The lowest BCUT2D eigenvalue weighted by molar-refractivity contribution is -0.0498. The van der Waals surface area contributed by atoms with Crippen LogP contribution in [0, 0.1) is 0 Å². The van der Waals surface area contributed by atoms with Gasteiger partial charge in [-0.25, -0.2) is 9.67 Å². The molecular formula is C20H16F2N4O2. The minimum Gasteiger partial charge on any atom is -0.435 e. The van der Waals surface area contributed by atoms with Crippen molar-refractivity contribution in [2.75, 3.05) is 0 Å². The highest BCUT2D eigenvalue weighted by molar-refractivity contribution is 6.08. The quantitative estimate of drug-likeness (QED) is 0.662. The van der Waals surface area contributed by atoms with Crippen LogP contribution >= 0.6 is 0 Å². The standard InChI is InChI=1S/C20H16F2N4O2/c21-20(22)28-16-8-4-7-15(13-16)26-12-10-18(27)19(25-26)17(9-11-23)24-14-5-2-1-3-6-14/h1-13,20H,23H2. The van der Waals surface area contributed by atoms with Gasteiger partial charge in [0.2, 0.25) is 5.43 Å². The van der Waals surface area contributed by atoms with Crippen LogP contribution < -0.4 is 15.9 Å². The van der Waals surface area contributed by atoms with Crippen molar-refractivity contribution in [1.82, 2.24) is 9.78 Å². The predicted octanol–water partition coefficient (Wildman–Crippen LogP) is 3.43. The van der Waals surface area contributed by atoms with Gasteiger partial charge in [-0.2, -0.15) is 13.9 Å². The Kier molecular flexibility index (Phi) is 5.91. The summed E-state index contributed by atoms with van der Waals surface area (Å²) in [7, 11) is 0. The van der Waals surface area contributed by atoms with Crippen molar-refractivity contribution in [3.05, 3.63) is 95.1 Å². The van der Waals surface area contributed by atoms with Gasteiger partial charge in [-0.15, -0.1) is 0 Å². The number of hydrogen-bond donors (Lipinski definition) is 1. The molecule has 0 spiro atoms. The summed E-state index contributed by atoms with van der Waals surface area (Å²) in [6.45, 7) is -2.94. The van der Waals surface area contributed by atoms with Crippen LogP contribution in [0.1, 0.15) is 5.69 Å². The highest BCUT2D eigenvalue weighted by Crippen LogP contribution is 2.18. The molecule has 0 atom stereocenters. The van der Waals surface area contributed by atoms with Crippen LogP contribution in [0.25, 0.3) is 5.69 Å². The molecule has 1 aromatic heterocycles. The minimum absolute atomic E-state index is 0.0189. The zero-order valence-electron chi connectivity index (χ0n) is 14.6.